The Balaban J connectivity index is 2.44. The number of hydrogen-bond donors (Lipinski definition) is 2. The Morgan fingerprint density at radius 1 is 1.56 bits per heavy atom. The van der Waals surface area contributed by atoms with Crippen molar-refractivity contribution in [1.82, 2.24) is 0 Å². The van der Waals surface area contributed by atoms with Crippen molar-refractivity contribution in [3.63, 3.8) is 0 Å². The van der Waals surface area contributed by atoms with Crippen LogP contribution in [0.1, 0.15) is 12.0 Å². The van der Waals surface area contributed by atoms with Gasteiger partial charge in [0.1, 0.15) is 0 Å². The number of rotatable bonds is 3. The molecule has 1 saturated heterocycles. The summed E-state index contributed by atoms with van der Waals surface area (Å²) in [6, 6.07) is 3.77. The Morgan fingerprint density at radius 3 is 2.78 bits per heavy atom. The number of hydrogen-bond acceptors (Lipinski definition) is 5. The first-order valence-corrected chi connectivity index (χ1v) is 5.47. The largest absolute Gasteiger partial charge is 0.392 e. The molecule has 0 radical (unpaired) electrons. The zero-order chi connectivity index (χ0) is 13.3. The van der Waals surface area contributed by atoms with Crippen molar-refractivity contribution in [3.8, 4) is 0 Å². The van der Waals surface area contributed by atoms with Crippen LogP contribution in [-0.2, 0) is 11.4 Å². The first-order valence-electron chi connectivity index (χ1n) is 5.47. The number of aliphatic hydroxyl groups is 1. The van der Waals surface area contributed by atoms with Crippen molar-refractivity contribution in [1.29, 1.82) is 0 Å². The van der Waals surface area contributed by atoms with E-state index in [4.69, 9.17) is 5.73 Å². The zero-order valence-corrected chi connectivity index (χ0v) is 9.57. The molecule has 1 unspecified atom stereocenters. The van der Waals surface area contributed by atoms with Gasteiger partial charge in [-0.1, -0.05) is 0 Å². The molecule has 1 aliphatic heterocycles. The van der Waals surface area contributed by atoms with Crippen molar-refractivity contribution < 1.29 is 14.8 Å². The van der Waals surface area contributed by atoms with Crippen LogP contribution in [0, 0.1) is 10.1 Å². The molecule has 7 nitrogen and oxygen atoms in total. The fourth-order valence-corrected chi connectivity index (χ4v) is 2.02. The van der Waals surface area contributed by atoms with Crippen LogP contribution in [0.15, 0.2) is 18.2 Å². The summed E-state index contributed by atoms with van der Waals surface area (Å²) in [6.45, 7) is 0.0271. The van der Waals surface area contributed by atoms with Crippen LogP contribution in [-0.4, -0.2) is 28.5 Å². The van der Waals surface area contributed by atoms with E-state index in [-0.39, 0.29) is 30.7 Å². The number of nitro benzene ring substituents is 1. The predicted molar refractivity (Wildman–Crippen MR) is 64.0 cm³/mol. The highest BCUT2D eigenvalue weighted by molar-refractivity contribution is 5.97. The molecule has 0 spiro atoms. The van der Waals surface area contributed by atoms with Crippen molar-refractivity contribution in [2.75, 3.05) is 11.4 Å². The molecule has 1 atom stereocenters. The molecule has 1 aliphatic rings. The van der Waals surface area contributed by atoms with Crippen LogP contribution in [0.4, 0.5) is 11.4 Å². The van der Waals surface area contributed by atoms with E-state index in [0.717, 1.165) is 0 Å². The molecule has 1 aromatic rings. The van der Waals surface area contributed by atoms with E-state index >= 15 is 0 Å². The third-order valence-corrected chi connectivity index (χ3v) is 2.90. The molecule has 0 aromatic heterocycles. The second-order valence-electron chi connectivity index (χ2n) is 4.20. The van der Waals surface area contributed by atoms with Crippen molar-refractivity contribution in [3.05, 3.63) is 33.9 Å². The third kappa shape index (κ3) is 2.18. The number of nitro groups is 1. The Kier molecular flexibility index (Phi) is 3.26. The summed E-state index contributed by atoms with van der Waals surface area (Å²) in [7, 11) is 0. The number of nitrogens with zero attached hydrogens (tertiary/aromatic N) is 2. The van der Waals surface area contributed by atoms with Crippen LogP contribution in [0.2, 0.25) is 0 Å². The van der Waals surface area contributed by atoms with Gasteiger partial charge in [0.25, 0.3) is 5.69 Å². The number of nitrogens with two attached hydrogens (primary N) is 1. The minimum absolute atomic E-state index is 0.115. The summed E-state index contributed by atoms with van der Waals surface area (Å²) in [5, 5.41) is 19.9. The van der Waals surface area contributed by atoms with Gasteiger partial charge in [0, 0.05) is 36.7 Å². The van der Waals surface area contributed by atoms with Gasteiger partial charge in [0.15, 0.2) is 0 Å². The normalized spacial score (nSPS) is 19.3. The highest BCUT2D eigenvalue weighted by Gasteiger charge is 2.30. The van der Waals surface area contributed by atoms with Crippen LogP contribution in [0.5, 0.6) is 0 Å². The lowest BCUT2D eigenvalue weighted by atomic mass is 10.1. The smallest absolute Gasteiger partial charge is 0.271 e. The average Bonchev–Trinajstić information content (AvgIpc) is 2.67. The number of carbonyl (C=O) groups is 1. The zero-order valence-electron chi connectivity index (χ0n) is 9.57. The number of amides is 1. The van der Waals surface area contributed by atoms with Gasteiger partial charge in [-0.3, -0.25) is 14.9 Å². The Morgan fingerprint density at radius 2 is 2.28 bits per heavy atom. The van der Waals surface area contributed by atoms with E-state index in [0.29, 0.717) is 17.8 Å². The minimum atomic E-state index is -0.537. The first-order chi connectivity index (χ1) is 8.52. The number of carbonyl (C=O) groups excluding carboxylic acids is 1. The summed E-state index contributed by atoms with van der Waals surface area (Å²) in [5.41, 5.74) is 6.41. The molecule has 2 rings (SSSR count). The maximum Gasteiger partial charge on any atom is 0.271 e. The molecular weight excluding hydrogens is 238 g/mol. The number of anilines is 1. The van der Waals surface area contributed by atoms with E-state index < -0.39 is 4.92 Å². The Labute approximate surface area is 103 Å². The Hall–Kier alpha value is -1.99. The fraction of sp³-hybridized carbons (Fsp3) is 0.364. The number of aliphatic hydroxyl groups excluding tert-OH is 1. The summed E-state index contributed by atoms with van der Waals surface area (Å²) in [5.74, 6) is -0.183. The molecule has 0 bridgehead atoms. The number of benzene rings is 1. The maximum absolute atomic E-state index is 11.7. The van der Waals surface area contributed by atoms with Gasteiger partial charge in [-0.2, -0.15) is 0 Å². The highest BCUT2D eigenvalue weighted by atomic mass is 16.6. The fourth-order valence-electron chi connectivity index (χ4n) is 2.02. The summed E-state index contributed by atoms with van der Waals surface area (Å²) < 4.78 is 0. The van der Waals surface area contributed by atoms with E-state index in [9.17, 15) is 20.0 Å². The molecular formula is C11H13N3O4. The molecule has 3 N–H and O–H groups in total. The first kappa shape index (κ1) is 12.5. The Bertz CT molecular complexity index is 503. The van der Waals surface area contributed by atoms with Crippen LogP contribution in [0.25, 0.3) is 0 Å². The van der Waals surface area contributed by atoms with Gasteiger partial charge in [-0.05, 0) is 6.07 Å². The van der Waals surface area contributed by atoms with Crippen molar-refractivity contribution >= 4 is 17.3 Å². The van der Waals surface area contributed by atoms with Gasteiger partial charge in [-0.15, -0.1) is 0 Å². The van der Waals surface area contributed by atoms with Crippen LogP contribution >= 0.6 is 0 Å². The van der Waals surface area contributed by atoms with Crippen molar-refractivity contribution in [2.45, 2.75) is 19.1 Å². The van der Waals surface area contributed by atoms with Gasteiger partial charge < -0.3 is 15.7 Å². The summed E-state index contributed by atoms with van der Waals surface area (Å²) in [4.78, 5) is 23.3. The molecule has 1 aromatic carbocycles. The molecule has 18 heavy (non-hydrogen) atoms. The maximum atomic E-state index is 11.7. The van der Waals surface area contributed by atoms with Crippen LogP contribution < -0.4 is 10.6 Å². The second-order valence-corrected chi connectivity index (χ2v) is 4.20. The lowest BCUT2D eigenvalue weighted by molar-refractivity contribution is -0.384. The van der Waals surface area contributed by atoms with Crippen LogP contribution in [0.3, 0.4) is 0 Å². The van der Waals surface area contributed by atoms with E-state index in [1.165, 1.54) is 23.1 Å². The van der Waals surface area contributed by atoms with Crippen molar-refractivity contribution in [2.24, 2.45) is 5.73 Å². The molecule has 0 aliphatic carbocycles. The average molecular weight is 251 g/mol. The monoisotopic (exact) mass is 251 g/mol. The molecule has 1 fully saturated rings. The second kappa shape index (κ2) is 4.71. The van der Waals surface area contributed by atoms with E-state index in [2.05, 4.69) is 0 Å². The van der Waals surface area contributed by atoms with Gasteiger partial charge in [0.2, 0.25) is 5.91 Å². The van der Waals surface area contributed by atoms with Gasteiger partial charge in [-0.25, -0.2) is 0 Å². The molecule has 7 heteroatoms. The SMILES string of the molecule is NC1CC(=O)N(c2cc([N+](=O)[O-])ccc2CO)C1. The van der Waals surface area contributed by atoms with E-state index in [1.54, 1.807) is 0 Å². The standard InChI is InChI=1S/C11H13N3O4/c12-8-3-11(16)13(5-8)10-4-9(14(17)18)2-1-7(10)6-15/h1-2,4,8,15H,3,5-6,12H2. The summed E-state index contributed by atoms with van der Waals surface area (Å²) >= 11 is 0. The molecule has 0 saturated carbocycles. The molecule has 1 heterocycles. The molecule has 96 valence electrons. The molecule has 1 amide bonds. The summed E-state index contributed by atoms with van der Waals surface area (Å²) in [6.07, 6.45) is 0.216. The minimum Gasteiger partial charge on any atom is -0.392 e. The predicted octanol–water partition coefficient (Wildman–Crippen LogP) is 0.151. The van der Waals surface area contributed by atoms with E-state index in [1.807, 2.05) is 0 Å². The lowest BCUT2D eigenvalue weighted by Gasteiger charge is -2.19. The highest BCUT2D eigenvalue weighted by Crippen LogP contribution is 2.29. The topological polar surface area (TPSA) is 110 Å². The van der Waals surface area contributed by atoms with Gasteiger partial charge in [0.05, 0.1) is 17.2 Å². The third-order valence-electron chi connectivity index (χ3n) is 2.90. The lowest BCUT2D eigenvalue weighted by Crippen LogP contribution is -2.28. The van der Waals surface area contributed by atoms with Gasteiger partial charge >= 0.3 is 0 Å². The number of non-ortho nitro benzene ring substituents is 1. The quantitative estimate of drug-likeness (QED) is 0.587.